The van der Waals surface area contributed by atoms with Gasteiger partial charge in [0, 0.05) is 13.1 Å². The standard InChI is InChI=1S/C16H26N2O3S/c1-14(2)12-18(22(3,20)21)13-16(19)17-11-7-10-15-8-5-4-6-9-15/h4-6,8-9,14H,7,10-13H2,1-3H3,(H,17,19). The zero-order valence-electron chi connectivity index (χ0n) is 13.6. The van der Waals surface area contributed by atoms with Crippen molar-refractivity contribution in [3.63, 3.8) is 0 Å². The number of sulfonamides is 1. The van der Waals surface area contributed by atoms with Crippen LogP contribution in [0.1, 0.15) is 25.8 Å². The van der Waals surface area contributed by atoms with Crippen molar-refractivity contribution in [2.24, 2.45) is 5.92 Å². The van der Waals surface area contributed by atoms with Crippen molar-refractivity contribution in [3.05, 3.63) is 35.9 Å². The highest BCUT2D eigenvalue weighted by Crippen LogP contribution is 2.04. The Morgan fingerprint density at radius 2 is 1.86 bits per heavy atom. The van der Waals surface area contributed by atoms with E-state index < -0.39 is 10.0 Å². The Morgan fingerprint density at radius 1 is 1.23 bits per heavy atom. The monoisotopic (exact) mass is 326 g/mol. The van der Waals surface area contributed by atoms with Gasteiger partial charge < -0.3 is 5.32 Å². The number of aryl methyl sites for hydroxylation is 1. The second-order valence-electron chi connectivity index (χ2n) is 5.89. The lowest BCUT2D eigenvalue weighted by atomic mass is 10.1. The van der Waals surface area contributed by atoms with E-state index in [9.17, 15) is 13.2 Å². The summed E-state index contributed by atoms with van der Waals surface area (Å²) in [5.74, 6) is -0.0697. The zero-order chi connectivity index (χ0) is 16.6. The molecular formula is C16H26N2O3S. The Kier molecular flexibility index (Phi) is 7.55. The summed E-state index contributed by atoms with van der Waals surface area (Å²) in [7, 11) is -3.36. The van der Waals surface area contributed by atoms with E-state index in [2.05, 4.69) is 17.4 Å². The quantitative estimate of drug-likeness (QED) is 0.702. The van der Waals surface area contributed by atoms with E-state index in [1.165, 1.54) is 9.87 Å². The molecule has 5 nitrogen and oxygen atoms in total. The summed E-state index contributed by atoms with van der Waals surface area (Å²) in [4.78, 5) is 11.9. The third-order valence-electron chi connectivity index (χ3n) is 3.16. The summed E-state index contributed by atoms with van der Waals surface area (Å²) >= 11 is 0. The molecule has 0 spiro atoms. The average Bonchev–Trinajstić information content (AvgIpc) is 2.42. The molecule has 0 saturated heterocycles. The number of carbonyl (C=O) groups is 1. The zero-order valence-corrected chi connectivity index (χ0v) is 14.4. The molecule has 1 aromatic carbocycles. The smallest absolute Gasteiger partial charge is 0.235 e. The number of nitrogens with one attached hydrogen (secondary N) is 1. The number of rotatable bonds is 9. The minimum Gasteiger partial charge on any atom is -0.355 e. The number of amides is 1. The molecule has 0 aliphatic carbocycles. The summed E-state index contributed by atoms with van der Waals surface area (Å²) in [6, 6.07) is 10.1. The number of carbonyl (C=O) groups excluding carboxylic acids is 1. The van der Waals surface area contributed by atoms with Gasteiger partial charge in [-0.15, -0.1) is 0 Å². The molecule has 1 rings (SSSR count). The van der Waals surface area contributed by atoms with Crippen molar-refractivity contribution >= 4 is 15.9 Å². The minimum atomic E-state index is -3.36. The Morgan fingerprint density at radius 3 is 2.41 bits per heavy atom. The highest BCUT2D eigenvalue weighted by molar-refractivity contribution is 7.88. The van der Waals surface area contributed by atoms with E-state index in [4.69, 9.17) is 0 Å². The third kappa shape index (κ3) is 7.56. The maximum absolute atomic E-state index is 11.9. The van der Waals surface area contributed by atoms with E-state index >= 15 is 0 Å². The first-order valence-electron chi connectivity index (χ1n) is 7.55. The lowest BCUT2D eigenvalue weighted by Crippen LogP contribution is -2.42. The largest absolute Gasteiger partial charge is 0.355 e. The molecule has 0 unspecified atom stereocenters. The van der Waals surface area contributed by atoms with Crippen LogP contribution in [-0.4, -0.2) is 44.5 Å². The SMILES string of the molecule is CC(C)CN(CC(=O)NCCCc1ccccc1)S(C)(=O)=O. The lowest BCUT2D eigenvalue weighted by molar-refractivity contribution is -0.121. The maximum Gasteiger partial charge on any atom is 0.235 e. The Hall–Kier alpha value is -1.40. The molecule has 0 saturated carbocycles. The van der Waals surface area contributed by atoms with Gasteiger partial charge >= 0.3 is 0 Å². The second-order valence-corrected chi connectivity index (χ2v) is 7.87. The fourth-order valence-corrected chi connectivity index (χ4v) is 3.03. The summed E-state index contributed by atoms with van der Waals surface area (Å²) in [6.45, 7) is 4.65. The molecule has 0 aromatic heterocycles. The van der Waals surface area contributed by atoms with Crippen LogP contribution in [0, 0.1) is 5.92 Å². The van der Waals surface area contributed by atoms with Crippen LogP contribution in [0.25, 0.3) is 0 Å². The number of hydrogen-bond donors (Lipinski definition) is 1. The van der Waals surface area contributed by atoms with Crippen LogP contribution >= 0.6 is 0 Å². The van der Waals surface area contributed by atoms with E-state index in [0.717, 1.165) is 19.1 Å². The molecule has 0 bridgehead atoms. The highest BCUT2D eigenvalue weighted by Gasteiger charge is 2.20. The van der Waals surface area contributed by atoms with Crippen molar-refractivity contribution in [1.29, 1.82) is 0 Å². The Labute approximate surface area is 133 Å². The maximum atomic E-state index is 11.9. The molecule has 0 heterocycles. The van der Waals surface area contributed by atoms with Crippen LogP contribution in [0.5, 0.6) is 0 Å². The predicted octanol–water partition coefficient (Wildman–Crippen LogP) is 1.65. The van der Waals surface area contributed by atoms with E-state index in [1.54, 1.807) is 0 Å². The molecule has 0 atom stereocenters. The normalized spacial score (nSPS) is 11.9. The Balaban J connectivity index is 2.35. The fraction of sp³-hybridized carbons (Fsp3) is 0.562. The summed E-state index contributed by atoms with van der Waals surface area (Å²) < 4.78 is 24.6. The molecule has 0 aliphatic rings. The summed E-state index contributed by atoms with van der Waals surface area (Å²) in [6.07, 6.45) is 2.86. The van der Waals surface area contributed by atoms with Gasteiger partial charge in [-0.25, -0.2) is 8.42 Å². The molecule has 124 valence electrons. The number of benzene rings is 1. The average molecular weight is 326 g/mol. The molecule has 22 heavy (non-hydrogen) atoms. The van der Waals surface area contributed by atoms with Gasteiger partial charge in [0.1, 0.15) is 0 Å². The van der Waals surface area contributed by atoms with Gasteiger partial charge in [-0.1, -0.05) is 44.2 Å². The van der Waals surface area contributed by atoms with Gasteiger partial charge in [-0.3, -0.25) is 4.79 Å². The molecular weight excluding hydrogens is 300 g/mol. The molecule has 1 amide bonds. The number of nitrogens with zero attached hydrogens (tertiary/aromatic N) is 1. The van der Waals surface area contributed by atoms with Crippen LogP contribution < -0.4 is 5.32 Å². The van der Waals surface area contributed by atoms with Crippen molar-refractivity contribution in [2.75, 3.05) is 25.9 Å². The lowest BCUT2D eigenvalue weighted by Gasteiger charge is -2.21. The van der Waals surface area contributed by atoms with Gasteiger partial charge in [0.25, 0.3) is 0 Å². The van der Waals surface area contributed by atoms with Crippen molar-refractivity contribution in [2.45, 2.75) is 26.7 Å². The van der Waals surface area contributed by atoms with E-state index in [0.29, 0.717) is 13.1 Å². The van der Waals surface area contributed by atoms with Gasteiger partial charge in [0.05, 0.1) is 12.8 Å². The molecule has 1 N–H and O–H groups in total. The van der Waals surface area contributed by atoms with Crippen molar-refractivity contribution in [3.8, 4) is 0 Å². The van der Waals surface area contributed by atoms with E-state index in [-0.39, 0.29) is 18.4 Å². The first-order valence-corrected chi connectivity index (χ1v) is 9.39. The van der Waals surface area contributed by atoms with Crippen molar-refractivity contribution in [1.82, 2.24) is 9.62 Å². The summed E-state index contributed by atoms with van der Waals surface area (Å²) in [5, 5.41) is 2.78. The molecule has 1 aromatic rings. The number of hydrogen-bond acceptors (Lipinski definition) is 3. The third-order valence-corrected chi connectivity index (χ3v) is 4.38. The molecule has 0 fully saturated rings. The topological polar surface area (TPSA) is 66.5 Å². The molecule has 0 radical (unpaired) electrons. The second kappa shape index (κ2) is 8.90. The van der Waals surface area contributed by atoms with Crippen molar-refractivity contribution < 1.29 is 13.2 Å². The predicted molar refractivity (Wildman–Crippen MR) is 89.0 cm³/mol. The van der Waals surface area contributed by atoms with Gasteiger partial charge in [0.15, 0.2) is 0 Å². The van der Waals surface area contributed by atoms with Crippen LogP contribution in [0.2, 0.25) is 0 Å². The fourth-order valence-electron chi connectivity index (χ4n) is 2.11. The van der Waals surface area contributed by atoms with Crippen LogP contribution in [0.3, 0.4) is 0 Å². The van der Waals surface area contributed by atoms with Crippen LogP contribution in [-0.2, 0) is 21.2 Å². The summed E-state index contributed by atoms with van der Waals surface area (Å²) in [5.41, 5.74) is 1.23. The first-order chi connectivity index (χ1) is 10.3. The Bertz CT molecular complexity index is 556. The highest BCUT2D eigenvalue weighted by atomic mass is 32.2. The molecule has 0 aliphatic heterocycles. The van der Waals surface area contributed by atoms with Crippen LogP contribution in [0.15, 0.2) is 30.3 Å². The van der Waals surface area contributed by atoms with Gasteiger partial charge in [0.2, 0.25) is 15.9 Å². The minimum absolute atomic E-state index is 0.109. The van der Waals surface area contributed by atoms with Gasteiger partial charge in [-0.05, 0) is 24.3 Å². The molecule has 6 heteroatoms. The first kappa shape index (κ1) is 18.6. The van der Waals surface area contributed by atoms with E-state index in [1.807, 2.05) is 32.0 Å². The van der Waals surface area contributed by atoms with Crippen LogP contribution in [0.4, 0.5) is 0 Å². The van der Waals surface area contributed by atoms with Gasteiger partial charge in [-0.2, -0.15) is 4.31 Å².